The van der Waals surface area contributed by atoms with E-state index < -0.39 is 0 Å². The second-order valence-corrected chi connectivity index (χ2v) is 3.35. The van der Waals surface area contributed by atoms with Crippen LogP contribution in [0.4, 0.5) is 0 Å². The van der Waals surface area contributed by atoms with Gasteiger partial charge in [-0.25, -0.2) is 0 Å². The Hall–Kier alpha value is -1.88. The van der Waals surface area contributed by atoms with Crippen LogP contribution >= 0.6 is 0 Å². The highest BCUT2D eigenvalue weighted by Crippen LogP contribution is 2.19. The van der Waals surface area contributed by atoms with Gasteiger partial charge in [0.2, 0.25) is 5.82 Å². The van der Waals surface area contributed by atoms with E-state index in [0.29, 0.717) is 18.3 Å². The number of nitrogens with zero attached hydrogens (tertiary/aromatic N) is 2. The van der Waals surface area contributed by atoms with E-state index >= 15 is 0 Å². The van der Waals surface area contributed by atoms with Crippen molar-refractivity contribution in [2.45, 2.75) is 6.54 Å². The first-order valence-corrected chi connectivity index (χ1v) is 5.08. The zero-order chi connectivity index (χ0) is 11.4. The van der Waals surface area contributed by atoms with E-state index in [4.69, 9.17) is 9.26 Å². The summed E-state index contributed by atoms with van der Waals surface area (Å²) in [6.07, 6.45) is 0. The van der Waals surface area contributed by atoms with Crippen molar-refractivity contribution in [2.75, 3.05) is 14.2 Å². The summed E-state index contributed by atoms with van der Waals surface area (Å²) in [4.78, 5) is 4.28. The van der Waals surface area contributed by atoms with Crippen molar-refractivity contribution in [3.05, 3.63) is 30.2 Å². The number of methoxy groups -OCH3 is 1. The van der Waals surface area contributed by atoms with Gasteiger partial charge >= 0.3 is 0 Å². The van der Waals surface area contributed by atoms with E-state index in [-0.39, 0.29) is 0 Å². The van der Waals surface area contributed by atoms with Crippen LogP contribution in [0.25, 0.3) is 11.4 Å². The Kier molecular flexibility index (Phi) is 3.16. The largest absolute Gasteiger partial charge is 0.497 e. The molecule has 0 aliphatic carbocycles. The zero-order valence-electron chi connectivity index (χ0n) is 9.30. The molecule has 2 aromatic rings. The van der Waals surface area contributed by atoms with Gasteiger partial charge < -0.3 is 14.6 Å². The van der Waals surface area contributed by atoms with Crippen molar-refractivity contribution < 1.29 is 14.6 Å². The molecule has 0 atom stereocenters. The molecule has 2 N–H and O–H groups in total. The highest BCUT2D eigenvalue weighted by molar-refractivity contribution is 5.55. The van der Waals surface area contributed by atoms with Crippen LogP contribution in [-0.2, 0) is 6.54 Å². The lowest BCUT2D eigenvalue weighted by Gasteiger charge is -1.98. The molecule has 0 saturated heterocycles. The monoisotopic (exact) mass is 220 g/mol. The summed E-state index contributed by atoms with van der Waals surface area (Å²) in [6.45, 7) is 0.698. The van der Waals surface area contributed by atoms with E-state index in [1.54, 1.807) is 7.11 Å². The average Bonchev–Trinajstić information content (AvgIpc) is 2.78. The summed E-state index contributed by atoms with van der Waals surface area (Å²) >= 11 is 0. The molecule has 0 aliphatic heterocycles. The third-order valence-electron chi connectivity index (χ3n) is 2.20. The zero-order valence-corrected chi connectivity index (χ0v) is 9.30. The van der Waals surface area contributed by atoms with Gasteiger partial charge in [-0.1, -0.05) is 5.16 Å². The van der Waals surface area contributed by atoms with Gasteiger partial charge in [-0.3, -0.25) is 0 Å². The van der Waals surface area contributed by atoms with E-state index in [2.05, 4.69) is 10.1 Å². The van der Waals surface area contributed by atoms with Crippen LogP contribution < -0.4 is 10.1 Å². The lowest BCUT2D eigenvalue weighted by molar-refractivity contribution is -0.645. The van der Waals surface area contributed by atoms with Crippen molar-refractivity contribution in [1.29, 1.82) is 0 Å². The maximum Gasteiger partial charge on any atom is 0.282 e. The fourth-order valence-corrected chi connectivity index (χ4v) is 1.37. The quantitative estimate of drug-likeness (QED) is 0.812. The number of quaternary nitrogens is 1. The van der Waals surface area contributed by atoms with E-state index in [1.165, 1.54) is 0 Å². The molecule has 84 valence electrons. The van der Waals surface area contributed by atoms with Crippen molar-refractivity contribution in [2.24, 2.45) is 0 Å². The molecule has 1 aromatic carbocycles. The standard InChI is InChI=1S/C11H13N3O2/c1-12-7-10-13-11(14-16-10)8-3-5-9(15-2)6-4-8/h3-6,12H,7H2,1-2H3/p+1. The fraction of sp³-hybridized carbons (Fsp3) is 0.273. The molecule has 0 unspecified atom stereocenters. The molecule has 0 radical (unpaired) electrons. The van der Waals surface area contributed by atoms with Gasteiger partial charge in [0.05, 0.1) is 14.2 Å². The molecule has 16 heavy (non-hydrogen) atoms. The first-order valence-electron chi connectivity index (χ1n) is 5.08. The minimum absolute atomic E-state index is 0.611. The molecule has 0 aliphatic rings. The Morgan fingerprint density at radius 2 is 2.06 bits per heavy atom. The molecule has 0 fully saturated rings. The summed E-state index contributed by atoms with van der Waals surface area (Å²) in [5.74, 6) is 2.06. The smallest absolute Gasteiger partial charge is 0.282 e. The van der Waals surface area contributed by atoms with Gasteiger partial charge in [-0.2, -0.15) is 4.98 Å². The highest BCUT2D eigenvalue weighted by Gasteiger charge is 2.08. The van der Waals surface area contributed by atoms with Crippen molar-refractivity contribution in [1.82, 2.24) is 10.1 Å². The number of rotatable bonds is 4. The second kappa shape index (κ2) is 4.76. The Morgan fingerprint density at radius 1 is 1.31 bits per heavy atom. The Morgan fingerprint density at radius 3 is 2.69 bits per heavy atom. The van der Waals surface area contributed by atoms with Crippen molar-refractivity contribution in [3.8, 4) is 17.1 Å². The number of ether oxygens (including phenoxy) is 1. The van der Waals surface area contributed by atoms with Gasteiger partial charge in [0.1, 0.15) is 5.75 Å². The molecule has 5 heteroatoms. The molecule has 0 bridgehead atoms. The summed E-state index contributed by atoms with van der Waals surface area (Å²) in [7, 11) is 3.59. The first-order chi connectivity index (χ1) is 7.83. The average molecular weight is 220 g/mol. The second-order valence-electron chi connectivity index (χ2n) is 3.35. The molecule has 0 saturated carbocycles. The molecule has 1 aromatic heterocycles. The van der Waals surface area contributed by atoms with Gasteiger partial charge in [-0.15, -0.1) is 0 Å². The summed E-state index contributed by atoms with van der Waals surface area (Å²) in [5.41, 5.74) is 0.923. The van der Waals surface area contributed by atoms with E-state index in [1.807, 2.05) is 36.6 Å². The normalized spacial score (nSPS) is 10.4. The van der Waals surface area contributed by atoms with Crippen molar-refractivity contribution >= 4 is 0 Å². The first kappa shape index (κ1) is 10.6. The maximum atomic E-state index is 5.09. The van der Waals surface area contributed by atoms with Crippen LogP contribution in [0.1, 0.15) is 5.89 Å². The minimum Gasteiger partial charge on any atom is -0.497 e. The van der Waals surface area contributed by atoms with Crippen LogP contribution in [0.5, 0.6) is 5.75 Å². The topological polar surface area (TPSA) is 64.8 Å². The van der Waals surface area contributed by atoms with Crippen LogP contribution in [0.15, 0.2) is 28.8 Å². The van der Waals surface area contributed by atoms with Gasteiger partial charge in [0.15, 0.2) is 6.54 Å². The van der Waals surface area contributed by atoms with Crippen LogP contribution in [0, 0.1) is 0 Å². The SMILES string of the molecule is C[NH2+]Cc1nc(-c2ccc(OC)cc2)no1. The van der Waals surface area contributed by atoms with Gasteiger partial charge in [0.25, 0.3) is 5.89 Å². The van der Waals surface area contributed by atoms with E-state index in [9.17, 15) is 0 Å². The highest BCUT2D eigenvalue weighted by atomic mass is 16.5. The summed E-state index contributed by atoms with van der Waals surface area (Å²) in [5, 5.41) is 5.89. The number of nitrogens with two attached hydrogens (primary N) is 1. The summed E-state index contributed by atoms with van der Waals surface area (Å²) in [6, 6.07) is 7.56. The van der Waals surface area contributed by atoms with Crippen LogP contribution in [0.2, 0.25) is 0 Å². The van der Waals surface area contributed by atoms with Crippen molar-refractivity contribution in [3.63, 3.8) is 0 Å². The lowest BCUT2D eigenvalue weighted by atomic mass is 10.2. The number of hydrogen-bond donors (Lipinski definition) is 1. The Balaban J connectivity index is 2.21. The predicted molar refractivity (Wildman–Crippen MR) is 57.8 cm³/mol. The molecule has 0 amide bonds. The fourth-order valence-electron chi connectivity index (χ4n) is 1.37. The number of benzene rings is 1. The molecular weight excluding hydrogens is 206 g/mol. The minimum atomic E-state index is 0.611. The van der Waals surface area contributed by atoms with Crippen LogP contribution in [0.3, 0.4) is 0 Å². The molecule has 5 nitrogen and oxygen atoms in total. The summed E-state index contributed by atoms with van der Waals surface area (Å²) < 4.78 is 10.2. The third-order valence-corrected chi connectivity index (χ3v) is 2.20. The number of aromatic nitrogens is 2. The van der Waals surface area contributed by atoms with Gasteiger partial charge in [0, 0.05) is 5.56 Å². The predicted octanol–water partition coefficient (Wildman–Crippen LogP) is 0.438. The Bertz CT molecular complexity index is 451. The molecular formula is C11H14N3O2+. The molecule has 0 spiro atoms. The van der Waals surface area contributed by atoms with E-state index in [0.717, 1.165) is 11.3 Å². The van der Waals surface area contributed by atoms with Crippen LogP contribution in [-0.4, -0.2) is 24.3 Å². The molecule has 2 rings (SSSR count). The van der Waals surface area contributed by atoms with Gasteiger partial charge in [-0.05, 0) is 24.3 Å². The lowest BCUT2D eigenvalue weighted by Crippen LogP contribution is -2.77. The molecule has 1 heterocycles. The Labute approximate surface area is 93.4 Å². The number of hydrogen-bond acceptors (Lipinski definition) is 4. The maximum absolute atomic E-state index is 5.09. The third kappa shape index (κ3) is 2.20.